The SMILES string of the molecule is CCCCOc1ccc(/C(O)=C2\C(=O)C(=O)N(CCN(CC)CC)[C@@H]2c2ccc(O)cc2)cc1C. The lowest BCUT2D eigenvalue weighted by Gasteiger charge is -2.28. The van der Waals surface area contributed by atoms with Crippen LogP contribution in [0, 0.1) is 6.92 Å². The third kappa shape index (κ3) is 5.85. The van der Waals surface area contributed by atoms with Crippen molar-refractivity contribution in [2.45, 2.75) is 46.6 Å². The highest BCUT2D eigenvalue weighted by molar-refractivity contribution is 6.46. The molecule has 2 aromatic carbocycles. The summed E-state index contributed by atoms with van der Waals surface area (Å²) in [4.78, 5) is 30.0. The minimum Gasteiger partial charge on any atom is -0.508 e. The first-order valence-corrected chi connectivity index (χ1v) is 12.4. The molecule has 2 N–H and O–H groups in total. The Hall–Kier alpha value is -3.32. The van der Waals surface area contributed by atoms with Crippen LogP contribution in [0.3, 0.4) is 0 Å². The number of likely N-dealkylation sites (N-methyl/N-ethyl adjacent to an activating group) is 1. The summed E-state index contributed by atoms with van der Waals surface area (Å²) in [5, 5.41) is 21.1. The highest BCUT2D eigenvalue weighted by Gasteiger charge is 2.46. The fourth-order valence-electron chi connectivity index (χ4n) is 4.34. The number of aromatic hydroxyl groups is 1. The Morgan fingerprint density at radius 2 is 1.74 bits per heavy atom. The Labute approximate surface area is 207 Å². The first kappa shape index (κ1) is 26.3. The number of ether oxygens (including phenoxy) is 1. The van der Waals surface area contributed by atoms with E-state index < -0.39 is 17.7 Å². The van der Waals surface area contributed by atoms with Gasteiger partial charge in [-0.25, -0.2) is 0 Å². The summed E-state index contributed by atoms with van der Waals surface area (Å²) in [6.45, 7) is 11.3. The Bertz CT molecular complexity index is 1070. The third-order valence-electron chi connectivity index (χ3n) is 6.50. The molecule has 7 nitrogen and oxygen atoms in total. The van der Waals surface area contributed by atoms with Gasteiger partial charge in [-0.15, -0.1) is 0 Å². The number of hydrogen-bond donors (Lipinski definition) is 2. The lowest BCUT2D eigenvalue weighted by Crippen LogP contribution is -2.38. The number of Topliss-reactive ketones (excluding diaryl/α,β-unsaturated/α-hetero) is 1. The molecule has 1 saturated heterocycles. The predicted octanol–water partition coefficient (Wildman–Crippen LogP) is 4.64. The van der Waals surface area contributed by atoms with Crippen molar-refractivity contribution < 1.29 is 24.5 Å². The van der Waals surface area contributed by atoms with Gasteiger partial charge in [-0.05, 0) is 67.9 Å². The van der Waals surface area contributed by atoms with Crippen LogP contribution in [-0.2, 0) is 9.59 Å². The molecule has 2 aromatic rings. The minimum atomic E-state index is -0.744. The van der Waals surface area contributed by atoms with Gasteiger partial charge in [-0.1, -0.05) is 39.3 Å². The van der Waals surface area contributed by atoms with Crippen molar-refractivity contribution in [3.05, 3.63) is 64.7 Å². The molecule has 7 heteroatoms. The molecule has 0 saturated carbocycles. The fourth-order valence-corrected chi connectivity index (χ4v) is 4.34. The normalized spacial score (nSPS) is 17.4. The zero-order chi connectivity index (χ0) is 25.5. The number of amides is 1. The van der Waals surface area contributed by atoms with Crippen LogP contribution in [0.25, 0.3) is 5.76 Å². The Morgan fingerprint density at radius 1 is 1.06 bits per heavy atom. The first-order valence-electron chi connectivity index (χ1n) is 12.4. The quantitative estimate of drug-likeness (QED) is 0.211. The predicted molar refractivity (Wildman–Crippen MR) is 136 cm³/mol. The van der Waals surface area contributed by atoms with Crippen LogP contribution >= 0.6 is 0 Å². The molecule has 1 heterocycles. The maximum Gasteiger partial charge on any atom is 0.295 e. The van der Waals surface area contributed by atoms with Gasteiger partial charge in [0.2, 0.25) is 0 Å². The molecule has 0 bridgehead atoms. The molecular formula is C28H36N2O5. The molecule has 1 aliphatic heterocycles. The number of carbonyl (C=O) groups is 2. The number of ketones is 1. The van der Waals surface area contributed by atoms with Crippen LogP contribution < -0.4 is 4.74 Å². The van der Waals surface area contributed by atoms with Crippen LogP contribution in [0.1, 0.15) is 56.3 Å². The number of aliphatic hydroxyl groups is 1. The molecule has 3 rings (SSSR count). The van der Waals surface area contributed by atoms with E-state index in [4.69, 9.17) is 4.74 Å². The summed E-state index contributed by atoms with van der Waals surface area (Å²) >= 11 is 0. The van der Waals surface area contributed by atoms with E-state index in [2.05, 4.69) is 11.8 Å². The summed E-state index contributed by atoms with van der Waals surface area (Å²) in [5.41, 5.74) is 2.00. The second kappa shape index (κ2) is 11.9. The van der Waals surface area contributed by atoms with Gasteiger partial charge < -0.3 is 24.7 Å². The number of unbranched alkanes of at least 4 members (excludes halogenated alkanes) is 1. The number of benzene rings is 2. The molecule has 1 atom stereocenters. The van der Waals surface area contributed by atoms with E-state index in [1.165, 1.54) is 17.0 Å². The standard InChI is InChI=1S/C28H36N2O5/c1-5-8-17-35-23-14-11-21(18-19(23)4)26(32)24-25(20-9-12-22(31)13-10-20)30(28(34)27(24)33)16-15-29(6-2)7-3/h9-14,18,25,31-32H,5-8,15-17H2,1-4H3/b26-24+/t25-/m1/s1. The molecule has 1 aliphatic rings. The minimum absolute atomic E-state index is 0.0549. The van der Waals surface area contributed by atoms with E-state index in [9.17, 15) is 19.8 Å². The lowest BCUT2D eigenvalue weighted by atomic mass is 9.94. The van der Waals surface area contributed by atoms with E-state index in [1.54, 1.807) is 30.3 Å². The lowest BCUT2D eigenvalue weighted by molar-refractivity contribution is -0.140. The second-order valence-electron chi connectivity index (χ2n) is 8.79. The average Bonchev–Trinajstić information content (AvgIpc) is 3.10. The highest BCUT2D eigenvalue weighted by Crippen LogP contribution is 2.40. The number of phenols is 1. The molecule has 0 aliphatic carbocycles. The molecular weight excluding hydrogens is 444 g/mol. The van der Waals surface area contributed by atoms with Crippen LogP contribution in [0.5, 0.6) is 11.5 Å². The Morgan fingerprint density at radius 3 is 2.34 bits per heavy atom. The van der Waals surface area contributed by atoms with Gasteiger partial charge in [0, 0.05) is 18.7 Å². The van der Waals surface area contributed by atoms with Crippen molar-refractivity contribution in [1.82, 2.24) is 9.80 Å². The second-order valence-corrected chi connectivity index (χ2v) is 8.79. The molecule has 0 spiro atoms. The molecule has 0 radical (unpaired) electrons. The van der Waals surface area contributed by atoms with Gasteiger partial charge in [0.15, 0.2) is 0 Å². The van der Waals surface area contributed by atoms with Crippen molar-refractivity contribution in [3.8, 4) is 11.5 Å². The molecule has 1 fully saturated rings. The summed E-state index contributed by atoms with van der Waals surface area (Å²) in [7, 11) is 0. The molecule has 1 amide bonds. The Balaban J connectivity index is 2.03. The monoisotopic (exact) mass is 480 g/mol. The number of hydrogen-bond acceptors (Lipinski definition) is 6. The number of carbonyl (C=O) groups excluding carboxylic acids is 2. The van der Waals surface area contributed by atoms with Gasteiger partial charge in [-0.3, -0.25) is 9.59 Å². The zero-order valence-electron chi connectivity index (χ0n) is 21.1. The van der Waals surface area contributed by atoms with E-state index in [-0.39, 0.29) is 17.1 Å². The summed E-state index contributed by atoms with van der Waals surface area (Å²) in [5.74, 6) is -0.739. The van der Waals surface area contributed by atoms with Crippen molar-refractivity contribution >= 4 is 17.4 Å². The van der Waals surface area contributed by atoms with Crippen molar-refractivity contribution in [2.75, 3.05) is 32.8 Å². The zero-order valence-corrected chi connectivity index (χ0v) is 21.1. The van der Waals surface area contributed by atoms with E-state index in [0.717, 1.165) is 37.2 Å². The molecule has 0 unspecified atom stereocenters. The highest BCUT2D eigenvalue weighted by atomic mass is 16.5. The number of nitrogens with zero attached hydrogens (tertiary/aromatic N) is 2. The number of aliphatic hydroxyl groups excluding tert-OH is 1. The van der Waals surface area contributed by atoms with E-state index in [0.29, 0.717) is 30.8 Å². The summed E-state index contributed by atoms with van der Waals surface area (Å²) < 4.78 is 5.81. The fraction of sp³-hybridized carbons (Fsp3) is 0.429. The first-order chi connectivity index (χ1) is 16.8. The maximum absolute atomic E-state index is 13.2. The van der Waals surface area contributed by atoms with Gasteiger partial charge >= 0.3 is 0 Å². The van der Waals surface area contributed by atoms with Crippen molar-refractivity contribution in [2.24, 2.45) is 0 Å². The smallest absolute Gasteiger partial charge is 0.295 e. The van der Waals surface area contributed by atoms with Crippen LogP contribution in [0.4, 0.5) is 0 Å². The molecule has 35 heavy (non-hydrogen) atoms. The number of likely N-dealkylation sites (tertiary alicyclic amines) is 1. The van der Waals surface area contributed by atoms with Gasteiger partial charge in [0.25, 0.3) is 11.7 Å². The topological polar surface area (TPSA) is 90.3 Å². The largest absolute Gasteiger partial charge is 0.508 e. The van der Waals surface area contributed by atoms with Gasteiger partial charge in [0.1, 0.15) is 17.3 Å². The Kier molecular flexibility index (Phi) is 8.93. The van der Waals surface area contributed by atoms with Gasteiger partial charge in [-0.2, -0.15) is 0 Å². The summed E-state index contributed by atoms with van der Waals surface area (Å²) in [6.07, 6.45) is 1.98. The number of phenolic OH excluding ortho intramolecular Hbond substituents is 1. The van der Waals surface area contributed by atoms with Crippen LogP contribution in [0.15, 0.2) is 48.0 Å². The van der Waals surface area contributed by atoms with E-state index in [1.807, 2.05) is 20.8 Å². The van der Waals surface area contributed by atoms with E-state index >= 15 is 0 Å². The van der Waals surface area contributed by atoms with Crippen molar-refractivity contribution in [1.29, 1.82) is 0 Å². The maximum atomic E-state index is 13.2. The van der Waals surface area contributed by atoms with Gasteiger partial charge in [0.05, 0.1) is 18.2 Å². The average molecular weight is 481 g/mol. The summed E-state index contributed by atoms with van der Waals surface area (Å²) in [6, 6.07) is 10.9. The third-order valence-corrected chi connectivity index (χ3v) is 6.50. The number of aryl methyl sites for hydroxylation is 1. The molecule has 0 aromatic heterocycles. The number of rotatable bonds is 11. The van der Waals surface area contributed by atoms with Crippen LogP contribution in [0.2, 0.25) is 0 Å². The van der Waals surface area contributed by atoms with Crippen molar-refractivity contribution in [3.63, 3.8) is 0 Å². The van der Waals surface area contributed by atoms with Crippen LogP contribution in [-0.4, -0.2) is 64.5 Å². The molecule has 188 valence electrons.